The van der Waals surface area contributed by atoms with Crippen LogP contribution in [0.25, 0.3) is 0 Å². The molecule has 4 bridgehead atoms. The summed E-state index contributed by atoms with van der Waals surface area (Å²) in [5.41, 5.74) is -0.308. The van der Waals surface area contributed by atoms with E-state index in [0.717, 1.165) is 50.2 Å². The largest absolute Gasteiger partial charge is 0.390 e. The van der Waals surface area contributed by atoms with Crippen LogP contribution >= 0.6 is 0 Å². The van der Waals surface area contributed by atoms with Crippen molar-refractivity contribution in [3.63, 3.8) is 0 Å². The molecule has 1 heterocycles. The van der Waals surface area contributed by atoms with Crippen LogP contribution in [-0.2, 0) is 12.0 Å². The Morgan fingerprint density at radius 1 is 1.23 bits per heavy atom. The summed E-state index contributed by atoms with van der Waals surface area (Å²) in [6.07, 6.45) is 7.38. The zero-order chi connectivity index (χ0) is 15.6. The molecule has 0 amide bonds. The molecule has 0 saturated heterocycles. The molecule has 22 heavy (non-hydrogen) atoms. The highest BCUT2D eigenvalue weighted by Crippen LogP contribution is 2.67. The fraction of sp³-hybridized carbons (Fsp3) is 0.882. The smallest absolute Gasteiger partial charge is 0.233 e. The van der Waals surface area contributed by atoms with Crippen molar-refractivity contribution in [3.8, 4) is 0 Å². The Morgan fingerprint density at radius 3 is 2.73 bits per heavy atom. The average molecular weight is 305 g/mol. The van der Waals surface area contributed by atoms with E-state index in [2.05, 4.69) is 17.0 Å². The predicted octanol–water partition coefficient (Wildman–Crippen LogP) is 2.49. The van der Waals surface area contributed by atoms with Gasteiger partial charge < -0.3 is 14.5 Å². The van der Waals surface area contributed by atoms with Gasteiger partial charge in [0.25, 0.3) is 0 Å². The van der Waals surface area contributed by atoms with Gasteiger partial charge in [-0.2, -0.15) is 4.98 Å². The highest BCUT2D eigenvalue weighted by molar-refractivity contribution is 5.22. The molecular formula is C17H27N3O2. The lowest BCUT2D eigenvalue weighted by Crippen LogP contribution is -2.61. The zero-order valence-corrected chi connectivity index (χ0v) is 13.9. The molecule has 5 heteroatoms. The van der Waals surface area contributed by atoms with Gasteiger partial charge in [-0.25, -0.2) is 0 Å². The summed E-state index contributed by atoms with van der Waals surface area (Å²) in [6, 6.07) is 0. The first kappa shape index (κ1) is 14.6. The van der Waals surface area contributed by atoms with Crippen molar-refractivity contribution < 1.29 is 9.63 Å². The van der Waals surface area contributed by atoms with E-state index in [1.807, 2.05) is 14.1 Å². The molecule has 4 fully saturated rings. The van der Waals surface area contributed by atoms with Crippen molar-refractivity contribution in [2.75, 3.05) is 14.1 Å². The first-order chi connectivity index (χ1) is 10.4. The number of aromatic nitrogens is 2. The molecule has 5 nitrogen and oxygen atoms in total. The Hall–Kier alpha value is -0.940. The second-order valence-corrected chi connectivity index (χ2v) is 8.62. The summed E-state index contributed by atoms with van der Waals surface area (Å²) < 4.78 is 5.69. The maximum absolute atomic E-state index is 11.1. The van der Waals surface area contributed by atoms with Crippen LogP contribution in [0, 0.1) is 11.3 Å². The number of hydrogen-bond donors (Lipinski definition) is 1. The zero-order valence-electron chi connectivity index (χ0n) is 13.9. The molecule has 1 aromatic heterocycles. The van der Waals surface area contributed by atoms with Gasteiger partial charge in [-0.1, -0.05) is 18.5 Å². The van der Waals surface area contributed by atoms with Gasteiger partial charge in [0.15, 0.2) is 5.82 Å². The number of nitrogens with zero attached hydrogens (tertiary/aromatic N) is 3. The Balaban J connectivity index is 1.70. The van der Waals surface area contributed by atoms with E-state index in [1.165, 1.54) is 6.42 Å². The maximum Gasteiger partial charge on any atom is 0.233 e. The first-order valence-electron chi connectivity index (χ1n) is 8.56. The summed E-state index contributed by atoms with van der Waals surface area (Å²) in [7, 11) is 4.02. The fourth-order valence-corrected chi connectivity index (χ4v) is 6.03. The molecule has 1 aromatic rings. The Kier molecular flexibility index (Phi) is 3.02. The van der Waals surface area contributed by atoms with Gasteiger partial charge in [0.05, 0.1) is 17.6 Å². The molecule has 0 aromatic carbocycles. The van der Waals surface area contributed by atoms with Crippen molar-refractivity contribution in [1.29, 1.82) is 0 Å². The van der Waals surface area contributed by atoms with Crippen molar-refractivity contribution in [3.05, 3.63) is 11.7 Å². The van der Waals surface area contributed by atoms with Gasteiger partial charge in [0, 0.05) is 0 Å². The van der Waals surface area contributed by atoms with E-state index in [9.17, 15) is 5.11 Å². The molecule has 4 atom stereocenters. The Labute approximate surface area is 132 Å². The summed E-state index contributed by atoms with van der Waals surface area (Å²) in [6.45, 7) is 2.97. The van der Waals surface area contributed by atoms with Crippen LogP contribution in [0.1, 0.15) is 63.6 Å². The lowest BCUT2D eigenvalue weighted by molar-refractivity contribution is -0.181. The lowest BCUT2D eigenvalue weighted by Gasteiger charge is -2.64. The third-order valence-corrected chi connectivity index (χ3v) is 6.28. The third-order valence-electron chi connectivity index (χ3n) is 6.28. The molecule has 0 radical (unpaired) electrons. The third kappa shape index (κ3) is 2.13. The van der Waals surface area contributed by atoms with E-state index >= 15 is 0 Å². The summed E-state index contributed by atoms with van der Waals surface area (Å²) in [5, 5.41) is 15.3. The molecule has 5 rings (SSSR count). The summed E-state index contributed by atoms with van der Waals surface area (Å²) >= 11 is 0. The van der Waals surface area contributed by atoms with Crippen LogP contribution in [0.3, 0.4) is 0 Å². The van der Waals surface area contributed by atoms with E-state index in [1.54, 1.807) is 0 Å². The number of rotatable bonds is 4. The molecule has 122 valence electrons. The minimum Gasteiger partial charge on any atom is -0.390 e. The fourth-order valence-electron chi connectivity index (χ4n) is 6.03. The lowest BCUT2D eigenvalue weighted by atomic mass is 9.42. The molecule has 1 N–H and O–H groups in total. The van der Waals surface area contributed by atoms with Crippen molar-refractivity contribution >= 4 is 0 Å². The molecule has 4 saturated carbocycles. The normalized spacial score (nSPS) is 43.2. The minimum atomic E-state index is -0.508. The highest BCUT2D eigenvalue weighted by atomic mass is 16.5. The van der Waals surface area contributed by atoms with E-state index in [0.29, 0.717) is 12.5 Å². The van der Waals surface area contributed by atoms with Gasteiger partial charge >= 0.3 is 0 Å². The van der Waals surface area contributed by atoms with E-state index < -0.39 is 5.60 Å². The van der Waals surface area contributed by atoms with Crippen LogP contribution in [0.4, 0.5) is 0 Å². The summed E-state index contributed by atoms with van der Waals surface area (Å²) in [4.78, 5) is 6.76. The van der Waals surface area contributed by atoms with Gasteiger partial charge in [0.1, 0.15) is 0 Å². The van der Waals surface area contributed by atoms with Crippen LogP contribution in [-0.4, -0.2) is 39.8 Å². The highest BCUT2D eigenvalue weighted by Gasteiger charge is 2.64. The van der Waals surface area contributed by atoms with Crippen LogP contribution in [0.15, 0.2) is 4.52 Å². The SMILES string of the molecule is CC[C@]12C[C@H]3C[C@@](O)(C1)C[C@@](c1nc(CN(C)C)no1)(C3)C2. The Morgan fingerprint density at radius 2 is 2.05 bits per heavy atom. The second-order valence-electron chi connectivity index (χ2n) is 8.62. The van der Waals surface area contributed by atoms with E-state index in [-0.39, 0.29) is 10.8 Å². The van der Waals surface area contributed by atoms with Gasteiger partial charge in [-0.05, 0) is 64.0 Å². The molecule has 0 aliphatic heterocycles. The van der Waals surface area contributed by atoms with Gasteiger partial charge in [-0.3, -0.25) is 0 Å². The van der Waals surface area contributed by atoms with Crippen molar-refractivity contribution in [2.24, 2.45) is 11.3 Å². The number of hydrogen-bond acceptors (Lipinski definition) is 5. The second kappa shape index (κ2) is 4.54. The molecular weight excluding hydrogens is 278 g/mol. The molecule has 4 aliphatic rings. The van der Waals surface area contributed by atoms with Crippen molar-refractivity contribution in [2.45, 2.75) is 69.4 Å². The van der Waals surface area contributed by atoms with Crippen molar-refractivity contribution in [1.82, 2.24) is 15.0 Å². The summed E-state index contributed by atoms with van der Waals surface area (Å²) in [5.74, 6) is 2.16. The maximum atomic E-state index is 11.1. The topological polar surface area (TPSA) is 62.4 Å². The Bertz CT molecular complexity index is 586. The van der Waals surface area contributed by atoms with E-state index in [4.69, 9.17) is 9.51 Å². The number of aliphatic hydroxyl groups is 1. The average Bonchev–Trinajstić information content (AvgIpc) is 2.84. The minimum absolute atomic E-state index is 0.0816. The van der Waals surface area contributed by atoms with Crippen LogP contribution < -0.4 is 0 Å². The standard InChI is InChI=1S/C17H27N3O2/c1-4-15-5-12-6-16(9-15,11-17(21,7-12)10-15)14-18-13(19-22-14)8-20(2)3/h12,21H,4-11H2,1-3H3/t12-,15-,16-,17-/m1/s1. The predicted molar refractivity (Wildman–Crippen MR) is 82.2 cm³/mol. The van der Waals surface area contributed by atoms with Gasteiger partial charge in [-0.15, -0.1) is 0 Å². The van der Waals surface area contributed by atoms with Crippen LogP contribution in [0.2, 0.25) is 0 Å². The molecule has 0 spiro atoms. The molecule has 4 aliphatic carbocycles. The monoisotopic (exact) mass is 305 g/mol. The van der Waals surface area contributed by atoms with Gasteiger partial charge in [0.2, 0.25) is 5.89 Å². The first-order valence-corrected chi connectivity index (χ1v) is 8.56. The quantitative estimate of drug-likeness (QED) is 0.926. The molecule has 0 unspecified atom stereocenters. The van der Waals surface area contributed by atoms with Crippen LogP contribution in [0.5, 0.6) is 0 Å².